The van der Waals surface area contributed by atoms with Gasteiger partial charge in [-0.15, -0.1) is 23.1 Å². The summed E-state index contributed by atoms with van der Waals surface area (Å²) in [5.74, 6) is -0.511. The Bertz CT molecular complexity index is 1300. The second kappa shape index (κ2) is 10.8. The fourth-order valence-electron chi connectivity index (χ4n) is 3.76. The normalized spacial score (nSPS) is 13.5. The van der Waals surface area contributed by atoms with Crippen LogP contribution in [-0.2, 0) is 17.6 Å². The number of halogens is 2. The van der Waals surface area contributed by atoms with Crippen LogP contribution in [0.4, 0.5) is 10.7 Å². The molecule has 2 N–H and O–H groups in total. The van der Waals surface area contributed by atoms with Gasteiger partial charge in [0.25, 0.3) is 5.91 Å². The van der Waals surface area contributed by atoms with Crippen molar-refractivity contribution < 1.29 is 9.59 Å². The van der Waals surface area contributed by atoms with Gasteiger partial charge in [-0.05, 0) is 74.6 Å². The lowest BCUT2D eigenvalue weighted by atomic mass is 9.96. The lowest BCUT2D eigenvalue weighted by molar-refractivity contribution is -0.115. The number of carbonyl (C=O) groups excluding carboxylic acids is 2. The molecule has 9 heteroatoms. The molecular weight excluding hydrogens is 509 g/mol. The van der Waals surface area contributed by atoms with Crippen LogP contribution >= 0.6 is 46.3 Å². The molecule has 5 nitrogen and oxygen atoms in total. The fraction of sp³-hybridized carbons (Fsp3) is 0.240. The highest BCUT2D eigenvalue weighted by molar-refractivity contribution is 8.00. The minimum Gasteiger partial charge on any atom is -0.322 e. The molecular formula is C25H21Cl2N3O2S2. The predicted molar refractivity (Wildman–Crippen MR) is 140 cm³/mol. The Morgan fingerprint density at radius 3 is 2.68 bits per heavy atom. The number of hydrogen-bond donors (Lipinski definition) is 2. The minimum atomic E-state index is -0.401. The van der Waals surface area contributed by atoms with Gasteiger partial charge in [0.2, 0.25) is 5.91 Å². The third kappa shape index (κ3) is 5.59. The zero-order chi connectivity index (χ0) is 24.2. The zero-order valence-electron chi connectivity index (χ0n) is 18.3. The third-order valence-electron chi connectivity index (χ3n) is 5.47. The van der Waals surface area contributed by atoms with E-state index in [1.54, 1.807) is 24.3 Å². The lowest BCUT2D eigenvalue weighted by Crippen LogP contribution is -2.22. The molecule has 2 aromatic carbocycles. The van der Waals surface area contributed by atoms with Crippen LogP contribution in [0.5, 0.6) is 0 Å². The Labute approximate surface area is 216 Å². The summed E-state index contributed by atoms with van der Waals surface area (Å²) in [6, 6.07) is 14.2. The molecule has 0 saturated heterocycles. The molecule has 0 aliphatic heterocycles. The first-order valence-corrected chi connectivity index (χ1v) is 13.2. The number of thioether (sulfide) groups is 1. The van der Waals surface area contributed by atoms with Crippen molar-refractivity contribution in [1.82, 2.24) is 0 Å². The Kier molecular flexibility index (Phi) is 7.84. The van der Waals surface area contributed by atoms with Crippen molar-refractivity contribution in [2.45, 2.75) is 42.8 Å². The molecule has 3 aromatic rings. The molecule has 0 fully saturated rings. The van der Waals surface area contributed by atoms with Gasteiger partial charge in [-0.2, -0.15) is 5.26 Å². The largest absolute Gasteiger partial charge is 0.322 e. The first-order valence-electron chi connectivity index (χ1n) is 10.7. The van der Waals surface area contributed by atoms with Crippen molar-refractivity contribution in [3.63, 3.8) is 0 Å². The van der Waals surface area contributed by atoms with Gasteiger partial charge in [-0.1, -0.05) is 29.3 Å². The van der Waals surface area contributed by atoms with Crippen LogP contribution in [0, 0.1) is 11.3 Å². The molecule has 174 valence electrons. The third-order valence-corrected chi connectivity index (χ3v) is 8.32. The van der Waals surface area contributed by atoms with Crippen LogP contribution in [-0.4, -0.2) is 17.1 Å². The molecule has 1 aliphatic carbocycles. The summed E-state index contributed by atoms with van der Waals surface area (Å²) in [6.45, 7) is 1.82. The van der Waals surface area contributed by atoms with E-state index in [2.05, 4.69) is 16.7 Å². The summed E-state index contributed by atoms with van der Waals surface area (Å²) in [5.41, 5.74) is 2.62. The molecule has 4 rings (SSSR count). The van der Waals surface area contributed by atoms with Crippen molar-refractivity contribution >= 4 is 68.8 Å². The number of nitrogens with zero attached hydrogens (tertiary/aromatic N) is 1. The topological polar surface area (TPSA) is 82.0 Å². The van der Waals surface area contributed by atoms with Crippen LogP contribution in [0.25, 0.3) is 0 Å². The Morgan fingerprint density at radius 1 is 1.12 bits per heavy atom. The highest BCUT2D eigenvalue weighted by atomic mass is 35.5. The number of nitrogens with one attached hydrogen (secondary N) is 2. The molecule has 1 aromatic heterocycles. The Morgan fingerprint density at radius 2 is 1.91 bits per heavy atom. The van der Waals surface area contributed by atoms with Gasteiger partial charge in [0.1, 0.15) is 11.1 Å². The molecule has 0 radical (unpaired) electrons. The van der Waals surface area contributed by atoms with E-state index in [9.17, 15) is 14.9 Å². The Hall–Kier alpha value is -2.50. The number of aryl methyl sites for hydroxylation is 1. The summed E-state index contributed by atoms with van der Waals surface area (Å²) >= 11 is 14.9. The van der Waals surface area contributed by atoms with E-state index < -0.39 is 5.25 Å². The number of rotatable bonds is 6. The number of nitriles is 1. The SMILES string of the molecule is CC(Sc1cccc(NC(=O)c2ccc(Cl)cc2Cl)c1)C(=O)Nc1sc2c(c1C#N)CCCC2. The van der Waals surface area contributed by atoms with Crippen molar-refractivity contribution in [3.8, 4) is 6.07 Å². The molecule has 0 spiro atoms. The summed E-state index contributed by atoms with van der Waals surface area (Å²) in [4.78, 5) is 27.5. The first kappa shape index (κ1) is 24.6. The van der Waals surface area contributed by atoms with Crippen LogP contribution < -0.4 is 10.6 Å². The van der Waals surface area contributed by atoms with Gasteiger partial charge in [0, 0.05) is 20.5 Å². The van der Waals surface area contributed by atoms with Gasteiger partial charge in [-0.3, -0.25) is 9.59 Å². The van der Waals surface area contributed by atoms with Crippen LogP contribution in [0.1, 0.15) is 46.1 Å². The lowest BCUT2D eigenvalue weighted by Gasteiger charge is -2.13. The van der Waals surface area contributed by atoms with Crippen molar-refractivity contribution in [3.05, 3.63) is 74.1 Å². The quantitative estimate of drug-likeness (QED) is 0.331. The number of thiophene rings is 1. The van der Waals surface area contributed by atoms with Crippen LogP contribution in [0.3, 0.4) is 0 Å². The summed E-state index contributed by atoms with van der Waals surface area (Å²) in [5, 5.41) is 16.4. The van der Waals surface area contributed by atoms with E-state index in [1.165, 1.54) is 34.0 Å². The van der Waals surface area contributed by atoms with E-state index in [0.717, 1.165) is 36.1 Å². The number of anilines is 2. The average molecular weight is 531 g/mol. The van der Waals surface area contributed by atoms with Crippen molar-refractivity contribution in [2.75, 3.05) is 10.6 Å². The molecule has 0 bridgehead atoms. The standard InChI is InChI=1S/C25H21Cl2N3O2S2/c1-14(23(31)30-25-20(13-28)18-7-2-3-8-22(18)34-25)33-17-6-4-5-16(12-17)29-24(32)19-10-9-15(26)11-21(19)27/h4-6,9-12,14H,2-3,7-8H2,1H3,(H,29,32)(H,30,31). The molecule has 0 saturated carbocycles. The number of amides is 2. The second-order valence-corrected chi connectivity index (χ2v) is 11.2. The summed E-state index contributed by atoms with van der Waals surface area (Å²) in [6.07, 6.45) is 4.06. The van der Waals surface area contributed by atoms with Crippen molar-refractivity contribution in [1.29, 1.82) is 5.26 Å². The van der Waals surface area contributed by atoms with Gasteiger partial charge in [0.15, 0.2) is 0 Å². The minimum absolute atomic E-state index is 0.164. The van der Waals surface area contributed by atoms with Gasteiger partial charge in [-0.25, -0.2) is 0 Å². The number of hydrogen-bond acceptors (Lipinski definition) is 5. The van der Waals surface area contributed by atoms with E-state index in [4.69, 9.17) is 23.2 Å². The number of benzene rings is 2. The number of carbonyl (C=O) groups is 2. The van der Waals surface area contributed by atoms with E-state index in [-0.39, 0.29) is 16.8 Å². The first-order chi connectivity index (χ1) is 16.4. The monoisotopic (exact) mass is 529 g/mol. The maximum atomic E-state index is 12.9. The van der Waals surface area contributed by atoms with E-state index in [1.807, 2.05) is 19.1 Å². The molecule has 34 heavy (non-hydrogen) atoms. The van der Waals surface area contributed by atoms with Crippen LogP contribution in [0.15, 0.2) is 47.4 Å². The maximum Gasteiger partial charge on any atom is 0.257 e. The van der Waals surface area contributed by atoms with E-state index in [0.29, 0.717) is 26.8 Å². The molecule has 1 heterocycles. The second-order valence-electron chi connectivity index (χ2n) is 7.88. The van der Waals surface area contributed by atoms with Crippen LogP contribution in [0.2, 0.25) is 10.0 Å². The molecule has 1 atom stereocenters. The highest BCUT2D eigenvalue weighted by Crippen LogP contribution is 2.38. The maximum absolute atomic E-state index is 12.9. The van der Waals surface area contributed by atoms with Gasteiger partial charge < -0.3 is 10.6 Å². The zero-order valence-corrected chi connectivity index (χ0v) is 21.4. The summed E-state index contributed by atoms with van der Waals surface area (Å²) < 4.78 is 0. The Balaban J connectivity index is 1.42. The number of fused-ring (bicyclic) bond motifs is 1. The smallest absolute Gasteiger partial charge is 0.257 e. The average Bonchev–Trinajstić information content (AvgIpc) is 3.16. The predicted octanol–water partition coefficient (Wildman–Crippen LogP) is 7.18. The van der Waals surface area contributed by atoms with Crippen molar-refractivity contribution in [2.24, 2.45) is 0 Å². The van der Waals surface area contributed by atoms with Gasteiger partial charge in [0.05, 0.1) is 21.4 Å². The van der Waals surface area contributed by atoms with E-state index >= 15 is 0 Å². The summed E-state index contributed by atoms with van der Waals surface area (Å²) in [7, 11) is 0. The molecule has 1 unspecified atom stereocenters. The highest BCUT2D eigenvalue weighted by Gasteiger charge is 2.23. The molecule has 1 aliphatic rings. The van der Waals surface area contributed by atoms with Gasteiger partial charge >= 0.3 is 0 Å². The molecule has 2 amide bonds. The fourth-order valence-corrected chi connectivity index (χ4v) is 6.43.